The number of ether oxygens (including phenoxy) is 1. The molecule has 0 aromatic heterocycles. The van der Waals surface area contributed by atoms with Gasteiger partial charge in [-0.05, 0) is 23.8 Å². The summed E-state index contributed by atoms with van der Waals surface area (Å²) in [6.07, 6.45) is 3.39. The molecule has 1 rings (SSSR count). The fraction of sp³-hybridized carbons (Fsp3) is 0.100. The second kappa shape index (κ2) is 4.20. The molecule has 0 saturated heterocycles. The van der Waals surface area contributed by atoms with Crippen molar-refractivity contribution in [3.8, 4) is 6.07 Å². The van der Waals surface area contributed by atoms with Gasteiger partial charge in [-0.25, -0.2) is 0 Å². The van der Waals surface area contributed by atoms with Crippen LogP contribution in [0.4, 0.5) is 0 Å². The Labute approximate surface area is 71.7 Å². The highest BCUT2D eigenvalue weighted by atomic mass is 16.5. The van der Waals surface area contributed by atoms with Gasteiger partial charge >= 0.3 is 0 Å². The van der Waals surface area contributed by atoms with Crippen LogP contribution in [0, 0.1) is 11.3 Å². The minimum Gasteiger partial charge on any atom is -0.504 e. The van der Waals surface area contributed by atoms with Gasteiger partial charge in [0, 0.05) is 0 Å². The van der Waals surface area contributed by atoms with E-state index in [2.05, 4.69) is 6.07 Å². The highest BCUT2D eigenvalue weighted by Crippen LogP contribution is 2.05. The van der Waals surface area contributed by atoms with Crippen LogP contribution in [0.15, 0.2) is 30.5 Å². The van der Waals surface area contributed by atoms with Crippen molar-refractivity contribution in [2.75, 3.05) is 7.11 Å². The number of benzene rings is 1. The third kappa shape index (κ3) is 2.14. The summed E-state index contributed by atoms with van der Waals surface area (Å²) in [6.45, 7) is 0. The number of hydrogen-bond acceptors (Lipinski definition) is 2. The standard InChI is InChI=1S/C10H9NO/c1-12-6-5-9-3-2-4-10(7-9)8-11/h2-7H,1H3/b6-5+. The average molecular weight is 159 g/mol. The van der Waals surface area contributed by atoms with Gasteiger partial charge in [0.25, 0.3) is 0 Å². The molecule has 0 aliphatic heterocycles. The first-order valence-electron chi connectivity index (χ1n) is 3.56. The predicted molar refractivity (Wildman–Crippen MR) is 47.2 cm³/mol. The Morgan fingerprint density at radius 2 is 2.33 bits per heavy atom. The summed E-state index contributed by atoms with van der Waals surface area (Å²) >= 11 is 0. The van der Waals surface area contributed by atoms with Crippen molar-refractivity contribution in [1.82, 2.24) is 0 Å². The highest BCUT2D eigenvalue weighted by molar-refractivity contribution is 5.51. The zero-order chi connectivity index (χ0) is 8.81. The Kier molecular flexibility index (Phi) is 2.92. The average Bonchev–Trinajstić information content (AvgIpc) is 2.15. The normalized spacial score (nSPS) is 9.67. The molecular formula is C10H9NO. The molecule has 1 aromatic rings. The first-order chi connectivity index (χ1) is 5.86. The number of nitriles is 1. The lowest BCUT2D eigenvalue weighted by Crippen LogP contribution is -1.76. The van der Waals surface area contributed by atoms with Gasteiger partial charge in [-0.15, -0.1) is 0 Å². The minimum atomic E-state index is 0.660. The molecule has 0 aliphatic rings. The maximum Gasteiger partial charge on any atom is 0.0991 e. The second-order valence-corrected chi connectivity index (χ2v) is 2.28. The minimum absolute atomic E-state index is 0.660. The summed E-state index contributed by atoms with van der Waals surface area (Å²) in [5.74, 6) is 0. The van der Waals surface area contributed by atoms with E-state index in [-0.39, 0.29) is 0 Å². The molecule has 0 N–H and O–H groups in total. The van der Waals surface area contributed by atoms with E-state index in [9.17, 15) is 0 Å². The molecule has 0 amide bonds. The van der Waals surface area contributed by atoms with E-state index < -0.39 is 0 Å². The lowest BCUT2D eigenvalue weighted by Gasteiger charge is -1.92. The topological polar surface area (TPSA) is 33.0 Å². The molecule has 0 radical (unpaired) electrons. The van der Waals surface area contributed by atoms with Crippen LogP contribution in [0.1, 0.15) is 11.1 Å². The van der Waals surface area contributed by atoms with Gasteiger partial charge in [0.15, 0.2) is 0 Å². The monoisotopic (exact) mass is 159 g/mol. The van der Waals surface area contributed by atoms with Gasteiger partial charge in [-0.1, -0.05) is 12.1 Å². The van der Waals surface area contributed by atoms with Crippen LogP contribution in [0.2, 0.25) is 0 Å². The largest absolute Gasteiger partial charge is 0.504 e. The Bertz CT molecular complexity index is 323. The smallest absolute Gasteiger partial charge is 0.0991 e. The van der Waals surface area contributed by atoms with Crippen molar-refractivity contribution >= 4 is 6.08 Å². The molecule has 2 nitrogen and oxygen atoms in total. The van der Waals surface area contributed by atoms with Gasteiger partial charge in [-0.2, -0.15) is 5.26 Å². The van der Waals surface area contributed by atoms with Crippen LogP contribution in [0.5, 0.6) is 0 Å². The molecule has 60 valence electrons. The van der Waals surface area contributed by atoms with E-state index in [1.165, 1.54) is 0 Å². The molecule has 0 heterocycles. The molecule has 0 fully saturated rings. The molecule has 0 unspecified atom stereocenters. The Balaban J connectivity index is 2.88. The van der Waals surface area contributed by atoms with E-state index >= 15 is 0 Å². The van der Waals surface area contributed by atoms with E-state index in [0.29, 0.717) is 5.56 Å². The van der Waals surface area contributed by atoms with Crippen LogP contribution in [0.25, 0.3) is 6.08 Å². The quantitative estimate of drug-likeness (QED) is 0.619. The SMILES string of the molecule is CO/C=C/c1cccc(C#N)c1. The molecule has 12 heavy (non-hydrogen) atoms. The number of rotatable bonds is 2. The zero-order valence-electron chi connectivity index (χ0n) is 6.82. The molecule has 0 saturated carbocycles. The summed E-state index contributed by atoms with van der Waals surface area (Å²) in [5.41, 5.74) is 1.63. The van der Waals surface area contributed by atoms with Crippen LogP contribution in [-0.4, -0.2) is 7.11 Å². The van der Waals surface area contributed by atoms with Crippen molar-refractivity contribution in [1.29, 1.82) is 5.26 Å². The van der Waals surface area contributed by atoms with Crippen LogP contribution >= 0.6 is 0 Å². The summed E-state index contributed by atoms with van der Waals surface area (Å²) in [7, 11) is 1.59. The summed E-state index contributed by atoms with van der Waals surface area (Å²) in [5, 5.41) is 8.58. The maximum atomic E-state index is 8.58. The van der Waals surface area contributed by atoms with Gasteiger partial charge < -0.3 is 4.74 Å². The van der Waals surface area contributed by atoms with Crippen molar-refractivity contribution in [3.63, 3.8) is 0 Å². The number of methoxy groups -OCH3 is 1. The number of hydrogen-bond donors (Lipinski definition) is 0. The molecule has 0 aliphatic carbocycles. The van der Waals surface area contributed by atoms with Gasteiger partial charge in [0.1, 0.15) is 0 Å². The summed E-state index contributed by atoms with van der Waals surface area (Å²) < 4.78 is 4.76. The lowest BCUT2D eigenvalue weighted by molar-refractivity contribution is 0.341. The third-order valence-corrected chi connectivity index (χ3v) is 1.41. The van der Waals surface area contributed by atoms with Crippen LogP contribution in [-0.2, 0) is 4.74 Å². The highest BCUT2D eigenvalue weighted by Gasteiger charge is 1.89. The van der Waals surface area contributed by atoms with E-state index in [4.69, 9.17) is 10.00 Å². The zero-order valence-corrected chi connectivity index (χ0v) is 6.82. The molecule has 1 aromatic carbocycles. The molecule has 0 bridgehead atoms. The van der Waals surface area contributed by atoms with Crippen molar-refractivity contribution in [2.45, 2.75) is 0 Å². The third-order valence-electron chi connectivity index (χ3n) is 1.41. The van der Waals surface area contributed by atoms with Crippen molar-refractivity contribution in [3.05, 3.63) is 41.7 Å². The summed E-state index contributed by atoms with van der Waals surface area (Å²) in [4.78, 5) is 0. The maximum absolute atomic E-state index is 8.58. The number of nitrogens with zero attached hydrogens (tertiary/aromatic N) is 1. The van der Waals surface area contributed by atoms with E-state index in [1.807, 2.05) is 12.1 Å². The fourth-order valence-electron chi connectivity index (χ4n) is 0.858. The second-order valence-electron chi connectivity index (χ2n) is 2.28. The molecule has 2 heteroatoms. The first kappa shape index (κ1) is 8.35. The summed E-state index contributed by atoms with van der Waals surface area (Å²) in [6, 6.07) is 9.39. The predicted octanol–water partition coefficient (Wildman–Crippen LogP) is 2.18. The lowest BCUT2D eigenvalue weighted by atomic mass is 10.1. The van der Waals surface area contributed by atoms with Gasteiger partial charge in [-0.3, -0.25) is 0 Å². The Morgan fingerprint density at radius 1 is 1.50 bits per heavy atom. The van der Waals surface area contributed by atoms with Crippen molar-refractivity contribution in [2.24, 2.45) is 0 Å². The van der Waals surface area contributed by atoms with Gasteiger partial charge in [0.2, 0.25) is 0 Å². The Morgan fingerprint density at radius 3 is 3.00 bits per heavy atom. The van der Waals surface area contributed by atoms with Crippen LogP contribution < -0.4 is 0 Å². The molecule has 0 atom stereocenters. The van der Waals surface area contributed by atoms with Crippen LogP contribution in [0.3, 0.4) is 0 Å². The fourth-order valence-corrected chi connectivity index (χ4v) is 0.858. The van der Waals surface area contributed by atoms with Crippen molar-refractivity contribution < 1.29 is 4.74 Å². The first-order valence-corrected chi connectivity index (χ1v) is 3.56. The Hall–Kier alpha value is -1.75. The molecule has 0 spiro atoms. The van der Waals surface area contributed by atoms with Gasteiger partial charge in [0.05, 0.1) is 25.0 Å². The van der Waals surface area contributed by atoms with E-state index in [1.54, 1.807) is 31.6 Å². The van der Waals surface area contributed by atoms with E-state index in [0.717, 1.165) is 5.56 Å². The molecular weight excluding hydrogens is 150 g/mol.